The van der Waals surface area contributed by atoms with E-state index < -0.39 is 0 Å². The van der Waals surface area contributed by atoms with Gasteiger partial charge in [0, 0.05) is 19.6 Å². The van der Waals surface area contributed by atoms with Gasteiger partial charge in [0.15, 0.2) is 0 Å². The van der Waals surface area contributed by atoms with Crippen LogP contribution < -0.4 is 0 Å². The van der Waals surface area contributed by atoms with E-state index in [0.717, 1.165) is 83.8 Å². The number of unbranched alkanes of at least 4 members (excludes halogenated alkanes) is 23. The van der Waals surface area contributed by atoms with Crippen molar-refractivity contribution in [3.05, 3.63) is 0 Å². The molecule has 0 heterocycles. The highest BCUT2D eigenvalue weighted by molar-refractivity contribution is 5.77. The molecule has 0 atom stereocenters. The summed E-state index contributed by atoms with van der Waals surface area (Å²) in [5.74, 6) is 0.117. The first-order valence-electron chi connectivity index (χ1n) is 24.7. The molecule has 55 heavy (non-hydrogen) atoms. The molecule has 1 aliphatic rings. The van der Waals surface area contributed by atoms with Gasteiger partial charge >= 0.3 is 11.9 Å². The minimum absolute atomic E-state index is 0.0225. The predicted molar refractivity (Wildman–Crippen MR) is 235 cm³/mol. The highest BCUT2D eigenvalue weighted by Crippen LogP contribution is 2.44. The van der Waals surface area contributed by atoms with Crippen LogP contribution in [0, 0.1) is 5.41 Å². The van der Waals surface area contributed by atoms with Crippen LogP contribution >= 0.6 is 0 Å². The van der Waals surface area contributed by atoms with Gasteiger partial charge in [-0.2, -0.15) is 0 Å². The summed E-state index contributed by atoms with van der Waals surface area (Å²) in [7, 11) is 0. The lowest BCUT2D eigenvalue weighted by Crippen LogP contribution is -2.33. The van der Waals surface area contributed by atoms with Crippen molar-refractivity contribution >= 4 is 11.9 Å². The number of aliphatic hydroxyl groups excluding tert-OH is 1. The Morgan fingerprint density at radius 1 is 0.545 bits per heavy atom. The van der Waals surface area contributed by atoms with Gasteiger partial charge in [-0.15, -0.1) is 0 Å². The van der Waals surface area contributed by atoms with Gasteiger partial charge < -0.3 is 19.5 Å². The molecule has 0 aromatic heterocycles. The van der Waals surface area contributed by atoms with Gasteiger partial charge in [-0.1, -0.05) is 175 Å². The molecule has 6 heteroatoms. The Labute approximate surface area is 342 Å². The summed E-state index contributed by atoms with van der Waals surface area (Å²) >= 11 is 0. The number of rotatable bonds is 42. The number of hydrogen-bond acceptors (Lipinski definition) is 6. The van der Waals surface area contributed by atoms with Crippen molar-refractivity contribution < 1.29 is 24.2 Å². The zero-order chi connectivity index (χ0) is 39.9. The van der Waals surface area contributed by atoms with Crippen molar-refractivity contribution in [1.29, 1.82) is 0 Å². The Balaban J connectivity index is 2.32. The lowest BCUT2D eigenvalue weighted by Gasteiger charge is -2.30. The lowest BCUT2D eigenvalue weighted by atomic mass is 9.80. The predicted octanol–water partition coefficient (Wildman–Crippen LogP) is 14.2. The van der Waals surface area contributed by atoms with Crippen LogP contribution in [0.2, 0.25) is 0 Å². The maximum atomic E-state index is 13.9. The summed E-state index contributed by atoms with van der Waals surface area (Å²) in [6.45, 7) is 10.8. The maximum Gasteiger partial charge on any atom is 0.312 e. The van der Waals surface area contributed by atoms with E-state index >= 15 is 0 Å². The number of esters is 2. The molecular formula is C49H95NO5. The Morgan fingerprint density at radius 3 is 1.51 bits per heavy atom. The molecular weight excluding hydrogens is 683 g/mol. The Kier molecular flexibility index (Phi) is 36.2. The van der Waals surface area contributed by atoms with Crippen LogP contribution in [-0.2, 0) is 19.1 Å². The second-order valence-corrected chi connectivity index (χ2v) is 17.6. The van der Waals surface area contributed by atoms with Crippen molar-refractivity contribution in [3.63, 3.8) is 0 Å². The van der Waals surface area contributed by atoms with Crippen LogP contribution in [0.3, 0.4) is 0 Å². The summed E-state index contributed by atoms with van der Waals surface area (Å²) in [5, 5.41) is 9.48. The fourth-order valence-electron chi connectivity index (χ4n) is 8.69. The number of carbonyl (C=O) groups is 2. The highest BCUT2D eigenvalue weighted by atomic mass is 16.5. The summed E-state index contributed by atoms with van der Waals surface area (Å²) < 4.78 is 11.9. The zero-order valence-corrected chi connectivity index (χ0v) is 37.3. The number of nitrogens with zero attached hydrogens (tertiary/aromatic N) is 1. The fourth-order valence-corrected chi connectivity index (χ4v) is 8.69. The topological polar surface area (TPSA) is 76.1 Å². The van der Waals surface area contributed by atoms with Crippen LogP contribution in [0.5, 0.6) is 0 Å². The van der Waals surface area contributed by atoms with Gasteiger partial charge in [0.1, 0.15) is 6.10 Å². The molecule has 0 bridgehead atoms. The van der Waals surface area contributed by atoms with E-state index in [1.165, 1.54) is 167 Å². The van der Waals surface area contributed by atoms with E-state index in [1.807, 2.05) is 0 Å². The summed E-state index contributed by atoms with van der Waals surface area (Å²) in [4.78, 5) is 28.5. The van der Waals surface area contributed by atoms with Crippen LogP contribution in [0.4, 0.5) is 0 Å². The van der Waals surface area contributed by atoms with Crippen LogP contribution in [0.1, 0.15) is 258 Å². The molecule has 0 amide bonds. The summed E-state index contributed by atoms with van der Waals surface area (Å²) in [6, 6.07) is 0. The first kappa shape index (κ1) is 51.9. The molecule has 1 fully saturated rings. The minimum Gasteiger partial charge on any atom is -0.466 e. The van der Waals surface area contributed by atoms with E-state index in [-0.39, 0.29) is 30.1 Å². The van der Waals surface area contributed by atoms with Gasteiger partial charge in [0.2, 0.25) is 0 Å². The molecule has 1 aliphatic carbocycles. The highest BCUT2D eigenvalue weighted by Gasteiger charge is 2.42. The third-order valence-electron chi connectivity index (χ3n) is 12.4. The molecule has 1 rings (SSSR count). The van der Waals surface area contributed by atoms with Crippen molar-refractivity contribution in [3.8, 4) is 0 Å². The zero-order valence-electron chi connectivity index (χ0n) is 37.3. The average molecular weight is 778 g/mol. The van der Waals surface area contributed by atoms with Gasteiger partial charge in [0.25, 0.3) is 0 Å². The largest absolute Gasteiger partial charge is 0.466 e. The van der Waals surface area contributed by atoms with Gasteiger partial charge in [-0.05, 0) is 90.1 Å². The number of aliphatic hydroxyl groups is 1. The molecule has 1 saturated carbocycles. The molecule has 1 N–H and O–H groups in total. The number of hydrogen-bond donors (Lipinski definition) is 1. The third-order valence-corrected chi connectivity index (χ3v) is 12.4. The summed E-state index contributed by atoms with van der Waals surface area (Å²) in [6.07, 6.45) is 43.4. The van der Waals surface area contributed by atoms with Crippen molar-refractivity contribution in [2.45, 2.75) is 264 Å². The molecule has 0 radical (unpaired) electrons. The normalized spacial score (nSPS) is 14.0. The standard InChI is InChI=1S/C49H95NO5/c1-4-7-10-13-16-24-33-45-54-47(52)37-27-20-17-22-31-41-50(43-34-44-51)42-32-23-21-28-38-49(39-29-30-40-49)48(53)55-46(35-25-18-14-11-8-5-2)36-26-19-15-12-9-6-3/h46,51H,4-45H2,1-3H3. The molecule has 0 aliphatic heterocycles. The third kappa shape index (κ3) is 29.7. The first-order valence-corrected chi connectivity index (χ1v) is 24.7. The van der Waals surface area contributed by atoms with Gasteiger partial charge in [-0.3, -0.25) is 9.59 Å². The maximum absolute atomic E-state index is 13.9. The molecule has 6 nitrogen and oxygen atoms in total. The number of carbonyl (C=O) groups excluding carboxylic acids is 2. The smallest absolute Gasteiger partial charge is 0.312 e. The quantitative estimate of drug-likeness (QED) is 0.0491. The van der Waals surface area contributed by atoms with Gasteiger partial charge in [0.05, 0.1) is 12.0 Å². The first-order chi connectivity index (χ1) is 27.0. The van der Waals surface area contributed by atoms with Crippen LogP contribution in [-0.4, -0.2) is 60.9 Å². The second-order valence-electron chi connectivity index (χ2n) is 17.6. The molecule has 326 valence electrons. The Bertz CT molecular complexity index is 827. The van der Waals surface area contributed by atoms with E-state index in [1.54, 1.807) is 0 Å². The Morgan fingerprint density at radius 2 is 0.982 bits per heavy atom. The Hall–Kier alpha value is -1.14. The summed E-state index contributed by atoms with van der Waals surface area (Å²) in [5.41, 5.74) is -0.235. The molecule has 0 spiro atoms. The molecule has 0 saturated heterocycles. The van der Waals surface area contributed by atoms with E-state index in [9.17, 15) is 14.7 Å². The molecule has 0 aromatic carbocycles. The van der Waals surface area contributed by atoms with Crippen LogP contribution in [0.15, 0.2) is 0 Å². The SMILES string of the molecule is CCCCCCCCCOC(=O)CCCCCCCN(CCCO)CCCCCCC1(C(=O)OC(CCCCCCCC)CCCCCCCC)CCCC1. The van der Waals surface area contributed by atoms with Crippen molar-refractivity contribution in [2.24, 2.45) is 5.41 Å². The van der Waals surface area contributed by atoms with Gasteiger partial charge in [-0.25, -0.2) is 0 Å². The number of ether oxygens (including phenoxy) is 2. The molecule has 0 unspecified atom stereocenters. The minimum atomic E-state index is -0.235. The van der Waals surface area contributed by atoms with E-state index in [2.05, 4.69) is 25.7 Å². The van der Waals surface area contributed by atoms with E-state index in [4.69, 9.17) is 9.47 Å². The lowest BCUT2D eigenvalue weighted by molar-refractivity contribution is -0.163. The van der Waals surface area contributed by atoms with E-state index in [0.29, 0.717) is 13.0 Å². The van der Waals surface area contributed by atoms with Crippen molar-refractivity contribution in [2.75, 3.05) is 32.8 Å². The second kappa shape index (κ2) is 38.4. The monoisotopic (exact) mass is 778 g/mol. The van der Waals surface area contributed by atoms with Crippen molar-refractivity contribution in [1.82, 2.24) is 4.90 Å². The average Bonchev–Trinajstić information content (AvgIpc) is 3.68. The molecule has 0 aromatic rings. The fraction of sp³-hybridized carbons (Fsp3) is 0.959. The van der Waals surface area contributed by atoms with Crippen LogP contribution in [0.25, 0.3) is 0 Å².